The predicted molar refractivity (Wildman–Crippen MR) is 74.8 cm³/mol. The average molecular weight is 247 g/mol. The number of rotatable bonds is 3. The van der Waals surface area contributed by atoms with Crippen LogP contribution in [0.3, 0.4) is 0 Å². The summed E-state index contributed by atoms with van der Waals surface area (Å²) in [6.07, 6.45) is 14.9. The van der Waals surface area contributed by atoms with Crippen LogP contribution in [0, 0.1) is 5.92 Å². The summed E-state index contributed by atoms with van der Waals surface area (Å²) in [5.74, 6) is 2.03. The highest BCUT2D eigenvalue weighted by atomic mass is 15.2. The number of aromatic nitrogens is 2. The summed E-state index contributed by atoms with van der Waals surface area (Å²) in [5.41, 5.74) is 0. The number of nitrogens with zero attached hydrogens (tertiary/aromatic N) is 2. The Morgan fingerprint density at radius 1 is 1.11 bits per heavy atom. The number of anilines is 1. The summed E-state index contributed by atoms with van der Waals surface area (Å²) in [4.78, 5) is 4.53. The van der Waals surface area contributed by atoms with E-state index in [2.05, 4.69) is 28.0 Å². The Bertz CT molecular complexity index is 371. The number of imidazole rings is 1. The van der Waals surface area contributed by atoms with Gasteiger partial charge in [-0.1, -0.05) is 19.8 Å². The number of nitrogens with one attached hydrogen (secondary N) is 1. The van der Waals surface area contributed by atoms with Gasteiger partial charge in [0.1, 0.15) is 0 Å². The highest BCUT2D eigenvalue weighted by molar-refractivity contribution is 5.29. The third-order valence-electron chi connectivity index (χ3n) is 4.74. The van der Waals surface area contributed by atoms with Crippen molar-refractivity contribution in [3.05, 3.63) is 12.4 Å². The quantitative estimate of drug-likeness (QED) is 0.875. The molecular weight excluding hydrogens is 222 g/mol. The van der Waals surface area contributed by atoms with Gasteiger partial charge in [0.25, 0.3) is 0 Å². The van der Waals surface area contributed by atoms with Gasteiger partial charge in [0, 0.05) is 24.5 Å². The molecule has 0 unspecified atom stereocenters. The molecule has 2 fully saturated rings. The molecule has 0 amide bonds. The zero-order chi connectivity index (χ0) is 12.4. The molecule has 0 atom stereocenters. The van der Waals surface area contributed by atoms with Crippen LogP contribution >= 0.6 is 0 Å². The Morgan fingerprint density at radius 3 is 2.56 bits per heavy atom. The Labute approximate surface area is 110 Å². The minimum Gasteiger partial charge on any atom is -0.353 e. The molecule has 0 radical (unpaired) electrons. The second-order valence-electron chi connectivity index (χ2n) is 6.20. The minimum absolute atomic E-state index is 0.661. The van der Waals surface area contributed by atoms with E-state index in [0.29, 0.717) is 12.1 Å². The lowest BCUT2D eigenvalue weighted by molar-refractivity contribution is 0.291. The molecule has 0 aliphatic heterocycles. The van der Waals surface area contributed by atoms with Gasteiger partial charge in [-0.25, -0.2) is 4.98 Å². The molecule has 0 saturated heterocycles. The van der Waals surface area contributed by atoms with Gasteiger partial charge in [0.2, 0.25) is 5.95 Å². The highest BCUT2D eigenvalue weighted by Crippen LogP contribution is 2.34. The average Bonchev–Trinajstić information content (AvgIpc) is 3.02. The first-order valence-electron chi connectivity index (χ1n) is 7.62. The topological polar surface area (TPSA) is 29.9 Å². The fraction of sp³-hybridized carbons (Fsp3) is 0.800. The Kier molecular flexibility index (Phi) is 3.57. The van der Waals surface area contributed by atoms with Crippen LogP contribution in [-0.2, 0) is 0 Å². The minimum atomic E-state index is 0.661. The first-order valence-corrected chi connectivity index (χ1v) is 7.62. The molecule has 0 aromatic carbocycles. The van der Waals surface area contributed by atoms with Gasteiger partial charge >= 0.3 is 0 Å². The van der Waals surface area contributed by atoms with E-state index >= 15 is 0 Å². The first kappa shape index (κ1) is 12.1. The van der Waals surface area contributed by atoms with E-state index in [-0.39, 0.29) is 0 Å². The van der Waals surface area contributed by atoms with E-state index in [0.717, 1.165) is 11.9 Å². The summed E-state index contributed by atoms with van der Waals surface area (Å²) >= 11 is 0. The maximum Gasteiger partial charge on any atom is 0.203 e. The summed E-state index contributed by atoms with van der Waals surface area (Å²) < 4.78 is 2.39. The van der Waals surface area contributed by atoms with Gasteiger partial charge in [0.15, 0.2) is 0 Å². The molecule has 100 valence electrons. The van der Waals surface area contributed by atoms with Crippen molar-refractivity contribution < 1.29 is 0 Å². The van der Waals surface area contributed by atoms with Crippen molar-refractivity contribution >= 4 is 5.95 Å². The summed E-state index contributed by atoms with van der Waals surface area (Å²) in [6, 6.07) is 1.33. The molecule has 1 heterocycles. The molecule has 2 aliphatic carbocycles. The van der Waals surface area contributed by atoms with Gasteiger partial charge in [0.05, 0.1) is 0 Å². The zero-order valence-corrected chi connectivity index (χ0v) is 11.4. The van der Waals surface area contributed by atoms with E-state index in [9.17, 15) is 0 Å². The van der Waals surface area contributed by atoms with Crippen LogP contribution in [-0.4, -0.2) is 15.6 Å². The van der Waals surface area contributed by atoms with Crippen LogP contribution in [0.1, 0.15) is 64.3 Å². The van der Waals surface area contributed by atoms with Gasteiger partial charge < -0.3 is 9.88 Å². The van der Waals surface area contributed by atoms with E-state index < -0.39 is 0 Å². The molecule has 2 aliphatic rings. The Hall–Kier alpha value is -0.990. The SMILES string of the molecule is CC1CCC(n2ccnc2NC2CCCC2)CC1. The molecule has 3 nitrogen and oxygen atoms in total. The van der Waals surface area contributed by atoms with Crippen molar-refractivity contribution in [2.24, 2.45) is 5.92 Å². The summed E-state index contributed by atoms with van der Waals surface area (Å²) in [5, 5.41) is 3.65. The van der Waals surface area contributed by atoms with Crippen molar-refractivity contribution in [1.82, 2.24) is 9.55 Å². The maximum absolute atomic E-state index is 4.53. The molecule has 3 rings (SSSR count). The van der Waals surface area contributed by atoms with Gasteiger partial charge in [-0.2, -0.15) is 0 Å². The van der Waals surface area contributed by atoms with E-state index in [1.165, 1.54) is 51.4 Å². The van der Waals surface area contributed by atoms with Gasteiger partial charge in [-0.05, 0) is 44.4 Å². The lowest BCUT2D eigenvalue weighted by atomic mass is 9.87. The standard InChI is InChI=1S/C15H25N3/c1-12-6-8-14(9-7-12)18-11-10-16-15(18)17-13-4-2-3-5-13/h10-14H,2-9H2,1H3,(H,16,17). The van der Waals surface area contributed by atoms with Crippen LogP contribution in [0.5, 0.6) is 0 Å². The Balaban J connectivity index is 1.66. The molecule has 0 spiro atoms. The van der Waals surface area contributed by atoms with Crippen molar-refractivity contribution in [1.29, 1.82) is 0 Å². The third kappa shape index (κ3) is 2.55. The van der Waals surface area contributed by atoms with Crippen LogP contribution in [0.2, 0.25) is 0 Å². The van der Waals surface area contributed by atoms with E-state index in [4.69, 9.17) is 0 Å². The monoisotopic (exact) mass is 247 g/mol. The fourth-order valence-electron chi connectivity index (χ4n) is 3.49. The van der Waals surface area contributed by atoms with Gasteiger partial charge in [-0.15, -0.1) is 0 Å². The second kappa shape index (κ2) is 5.33. The molecule has 1 N–H and O–H groups in total. The van der Waals surface area contributed by atoms with Crippen molar-refractivity contribution in [3.8, 4) is 0 Å². The van der Waals surface area contributed by atoms with Gasteiger partial charge in [-0.3, -0.25) is 0 Å². The molecule has 18 heavy (non-hydrogen) atoms. The third-order valence-corrected chi connectivity index (χ3v) is 4.74. The van der Waals surface area contributed by atoms with Crippen LogP contribution in [0.4, 0.5) is 5.95 Å². The summed E-state index contributed by atoms with van der Waals surface area (Å²) in [6.45, 7) is 2.38. The van der Waals surface area contributed by atoms with Crippen molar-refractivity contribution in [3.63, 3.8) is 0 Å². The van der Waals surface area contributed by atoms with Crippen LogP contribution in [0.25, 0.3) is 0 Å². The van der Waals surface area contributed by atoms with E-state index in [1.807, 2.05) is 6.20 Å². The normalized spacial score (nSPS) is 29.6. The number of hydrogen-bond donors (Lipinski definition) is 1. The van der Waals surface area contributed by atoms with Crippen LogP contribution < -0.4 is 5.32 Å². The number of hydrogen-bond acceptors (Lipinski definition) is 2. The smallest absolute Gasteiger partial charge is 0.203 e. The second-order valence-corrected chi connectivity index (χ2v) is 6.20. The molecule has 0 bridgehead atoms. The summed E-state index contributed by atoms with van der Waals surface area (Å²) in [7, 11) is 0. The van der Waals surface area contributed by atoms with E-state index in [1.54, 1.807) is 0 Å². The van der Waals surface area contributed by atoms with Crippen molar-refractivity contribution in [2.45, 2.75) is 70.4 Å². The Morgan fingerprint density at radius 2 is 1.83 bits per heavy atom. The molecule has 2 saturated carbocycles. The molecular formula is C15H25N3. The zero-order valence-electron chi connectivity index (χ0n) is 11.4. The largest absolute Gasteiger partial charge is 0.353 e. The lowest BCUT2D eigenvalue weighted by Crippen LogP contribution is -2.22. The molecule has 3 heteroatoms. The highest BCUT2D eigenvalue weighted by Gasteiger charge is 2.23. The maximum atomic E-state index is 4.53. The fourth-order valence-corrected chi connectivity index (χ4v) is 3.49. The van der Waals surface area contributed by atoms with Crippen LogP contribution in [0.15, 0.2) is 12.4 Å². The predicted octanol–water partition coefficient (Wildman–Crippen LogP) is 3.99. The first-order chi connectivity index (χ1) is 8.83. The van der Waals surface area contributed by atoms with Crippen molar-refractivity contribution in [2.75, 3.05) is 5.32 Å². The molecule has 1 aromatic heterocycles. The molecule has 1 aromatic rings. The lowest BCUT2D eigenvalue weighted by Gasteiger charge is -2.29.